The van der Waals surface area contributed by atoms with Gasteiger partial charge in [0.05, 0.1) is 12.2 Å². The molecule has 2 rings (SSSR count). The van der Waals surface area contributed by atoms with Crippen LogP contribution in [0.25, 0.3) is 0 Å². The quantitative estimate of drug-likeness (QED) is 0.606. The van der Waals surface area contributed by atoms with E-state index in [1.54, 1.807) is 20.2 Å². The van der Waals surface area contributed by atoms with Crippen molar-refractivity contribution in [1.29, 1.82) is 0 Å². The molecule has 1 aliphatic rings. The SMILES string of the molecule is CN=C(NCC1(c2cccc(C(F)(F)F)c2)CCC1)NC(C)COC. The minimum absolute atomic E-state index is 0.0853. The lowest BCUT2D eigenvalue weighted by Crippen LogP contribution is -2.51. The number of methoxy groups -OCH3 is 1. The van der Waals surface area contributed by atoms with Gasteiger partial charge in [-0.2, -0.15) is 13.2 Å². The molecule has 0 radical (unpaired) electrons. The average molecular weight is 357 g/mol. The molecule has 140 valence electrons. The van der Waals surface area contributed by atoms with E-state index in [1.165, 1.54) is 12.1 Å². The summed E-state index contributed by atoms with van der Waals surface area (Å²) in [6.45, 7) is 3.06. The molecule has 1 fully saturated rings. The van der Waals surface area contributed by atoms with Gasteiger partial charge in [0.1, 0.15) is 0 Å². The molecule has 0 heterocycles. The summed E-state index contributed by atoms with van der Waals surface area (Å²) in [5.74, 6) is 0.628. The van der Waals surface area contributed by atoms with E-state index in [2.05, 4.69) is 15.6 Å². The molecule has 0 amide bonds. The third-order valence-electron chi connectivity index (χ3n) is 4.73. The number of alkyl halides is 3. The first-order chi connectivity index (χ1) is 11.8. The fourth-order valence-corrected chi connectivity index (χ4v) is 3.17. The third kappa shape index (κ3) is 4.87. The maximum absolute atomic E-state index is 13.0. The molecule has 0 saturated heterocycles. The normalized spacial score (nSPS) is 18.4. The fourth-order valence-electron chi connectivity index (χ4n) is 3.17. The van der Waals surface area contributed by atoms with Crippen molar-refractivity contribution in [3.8, 4) is 0 Å². The Labute approximate surface area is 146 Å². The van der Waals surface area contributed by atoms with Crippen LogP contribution in [0, 0.1) is 0 Å². The number of hydrogen-bond acceptors (Lipinski definition) is 2. The highest BCUT2D eigenvalue weighted by Gasteiger charge is 2.40. The lowest BCUT2D eigenvalue weighted by molar-refractivity contribution is -0.137. The van der Waals surface area contributed by atoms with Crippen LogP contribution in [-0.4, -0.2) is 39.3 Å². The Morgan fingerprint density at radius 3 is 2.60 bits per heavy atom. The standard InChI is InChI=1S/C18H26F3N3O/c1-13(11-25-3)24-16(22-2)23-12-17(8-5-9-17)14-6-4-7-15(10-14)18(19,20)21/h4,6-7,10,13H,5,8-9,11-12H2,1-3H3,(H2,22,23,24). The van der Waals surface area contributed by atoms with E-state index in [0.717, 1.165) is 30.9 Å². The van der Waals surface area contributed by atoms with Gasteiger partial charge < -0.3 is 15.4 Å². The summed E-state index contributed by atoms with van der Waals surface area (Å²) < 4.78 is 44.1. The van der Waals surface area contributed by atoms with Crippen molar-refractivity contribution in [1.82, 2.24) is 10.6 Å². The number of nitrogens with one attached hydrogen (secondary N) is 2. The molecular weight excluding hydrogens is 331 g/mol. The minimum Gasteiger partial charge on any atom is -0.383 e. The molecule has 1 atom stereocenters. The predicted molar refractivity (Wildman–Crippen MR) is 92.8 cm³/mol. The van der Waals surface area contributed by atoms with Gasteiger partial charge in [-0.05, 0) is 31.4 Å². The zero-order chi connectivity index (χ0) is 18.5. The molecule has 0 bridgehead atoms. The van der Waals surface area contributed by atoms with Crippen LogP contribution in [0.1, 0.15) is 37.3 Å². The van der Waals surface area contributed by atoms with Gasteiger partial charge in [-0.25, -0.2) is 0 Å². The van der Waals surface area contributed by atoms with Gasteiger partial charge >= 0.3 is 6.18 Å². The molecule has 7 heteroatoms. The molecule has 0 aromatic heterocycles. The Morgan fingerprint density at radius 1 is 1.36 bits per heavy atom. The van der Waals surface area contributed by atoms with Crippen molar-refractivity contribution in [3.63, 3.8) is 0 Å². The second-order valence-electron chi connectivity index (χ2n) is 6.64. The molecule has 1 aromatic carbocycles. The Morgan fingerprint density at radius 2 is 2.08 bits per heavy atom. The number of nitrogens with zero attached hydrogens (tertiary/aromatic N) is 1. The van der Waals surface area contributed by atoms with Crippen LogP contribution in [0.4, 0.5) is 13.2 Å². The van der Waals surface area contributed by atoms with Gasteiger partial charge in [0.2, 0.25) is 0 Å². The maximum Gasteiger partial charge on any atom is 0.416 e. The lowest BCUT2D eigenvalue weighted by Gasteiger charge is -2.43. The number of aliphatic imine (C=N–C) groups is 1. The molecule has 1 unspecified atom stereocenters. The smallest absolute Gasteiger partial charge is 0.383 e. The number of benzene rings is 1. The topological polar surface area (TPSA) is 45.7 Å². The molecule has 0 aliphatic heterocycles. The second kappa shape index (κ2) is 8.08. The molecule has 4 nitrogen and oxygen atoms in total. The highest BCUT2D eigenvalue weighted by atomic mass is 19.4. The highest BCUT2D eigenvalue weighted by molar-refractivity contribution is 5.80. The summed E-state index contributed by atoms with van der Waals surface area (Å²) in [6.07, 6.45) is -1.57. The van der Waals surface area contributed by atoms with Gasteiger partial charge in [0.25, 0.3) is 0 Å². The van der Waals surface area contributed by atoms with Crippen LogP contribution in [0.5, 0.6) is 0 Å². The average Bonchev–Trinajstić information content (AvgIpc) is 2.52. The number of rotatable bonds is 6. The van der Waals surface area contributed by atoms with E-state index >= 15 is 0 Å². The Bertz CT molecular complexity index is 597. The molecule has 1 aliphatic carbocycles. The molecule has 25 heavy (non-hydrogen) atoms. The highest BCUT2D eigenvalue weighted by Crippen LogP contribution is 2.44. The van der Waals surface area contributed by atoms with Crippen molar-refractivity contribution in [3.05, 3.63) is 35.4 Å². The number of hydrogen-bond donors (Lipinski definition) is 2. The second-order valence-corrected chi connectivity index (χ2v) is 6.64. The van der Waals surface area contributed by atoms with Crippen LogP contribution in [0.2, 0.25) is 0 Å². The first-order valence-corrected chi connectivity index (χ1v) is 8.44. The zero-order valence-electron chi connectivity index (χ0n) is 14.9. The zero-order valence-corrected chi connectivity index (χ0v) is 14.9. The monoisotopic (exact) mass is 357 g/mol. The Hall–Kier alpha value is -1.76. The Kier molecular flexibility index (Phi) is 6.32. The van der Waals surface area contributed by atoms with E-state index in [-0.39, 0.29) is 11.5 Å². The van der Waals surface area contributed by atoms with Crippen LogP contribution in [0.15, 0.2) is 29.3 Å². The molecule has 1 saturated carbocycles. The summed E-state index contributed by atoms with van der Waals surface area (Å²) >= 11 is 0. The summed E-state index contributed by atoms with van der Waals surface area (Å²) in [5.41, 5.74) is -0.127. The molecule has 2 N–H and O–H groups in total. The first-order valence-electron chi connectivity index (χ1n) is 8.44. The van der Waals surface area contributed by atoms with Crippen LogP contribution in [-0.2, 0) is 16.3 Å². The van der Waals surface area contributed by atoms with Gasteiger partial charge in [-0.1, -0.05) is 24.6 Å². The van der Waals surface area contributed by atoms with Gasteiger partial charge in [-0.3, -0.25) is 4.99 Å². The summed E-state index contributed by atoms with van der Waals surface area (Å²) in [6, 6.07) is 5.77. The van der Waals surface area contributed by atoms with Gasteiger partial charge in [0.15, 0.2) is 5.96 Å². The van der Waals surface area contributed by atoms with Crippen LogP contribution >= 0.6 is 0 Å². The van der Waals surface area contributed by atoms with Crippen molar-refractivity contribution in [2.24, 2.45) is 4.99 Å². The van der Waals surface area contributed by atoms with Crippen molar-refractivity contribution < 1.29 is 17.9 Å². The third-order valence-corrected chi connectivity index (χ3v) is 4.73. The summed E-state index contributed by atoms with van der Waals surface area (Å²) in [5, 5.41) is 6.47. The summed E-state index contributed by atoms with van der Waals surface area (Å²) in [4.78, 5) is 4.18. The van der Waals surface area contributed by atoms with Crippen molar-refractivity contribution in [2.45, 2.75) is 43.8 Å². The van der Waals surface area contributed by atoms with Crippen LogP contribution in [0.3, 0.4) is 0 Å². The summed E-state index contributed by atoms with van der Waals surface area (Å²) in [7, 11) is 3.30. The minimum atomic E-state index is -4.32. The molecule has 1 aromatic rings. The number of halogens is 3. The molecule has 0 spiro atoms. The lowest BCUT2D eigenvalue weighted by atomic mass is 9.64. The van der Waals surface area contributed by atoms with E-state index in [1.807, 2.05) is 6.92 Å². The van der Waals surface area contributed by atoms with Gasteiger partial charge in [0, 0.05) is 32.2 Å². The predicted octanol–water partition coefficient (Wildman–Crippen LogP) is 3.33. The molecular formula is C18H26F3N3O. The number of ether oxygens (including phenoxy) is 1. The van der Waals surface area contributed by atoms with Crippen molar-refractivity contribution >= 4 is 5.96 Å². The van der Waals surface area contributed by atoms with E-state index < -0.39 is 11.7 Å². The van der Waals surface area contributed by atoms with Crippen molar-refractivity contribution in [2.75, 3.05) is 27.3 Å². The maximum atomic E-state index is 13.0. The first kappa shape index (κ1) is 19.6. The van der Waals surface area contributed by atoms with E-state index in [4.69, 9.17) is 4.74 Å². The van der Waals surface area contributed by atoms with Crippen LogP contribution < -0.4 is 10.6 Å². The number of guanidine groups is 1. The largest absolute Gasteiger partial charge is 0.416 e. The van der Waals surface area contributed by atoms with E-state index in [9.17, 15) is 13.2 Å². The van der Waals surface area contributed by atoms with Gasteiger partial charge in [-0.15, -0.1) is 0 Å². The fraction of sp³-hybridized carbons (Fsp3) is 0.611. The van der Waals surface area contributed by atoms with E-state index in [0.29, 0.717) is 19.1 Å². The Balaban J connectivity index is 2.08.